The molecule has 6 heteroatoms. The summed E-state index contributed by atoms with van der Waals surface area (Å²) in [5.41, 5.74) is 2.02. The van der Waals surface area contributed by atoms with Gasteiger partial charge in [0.2, 0.25) is 0 Å². The van der Waals surface area contributed by atoms with Gasteiger partial charge in [-0.15, -0.1) is 11.3 Å². The van der Waals surface area contributed by atoms with Gasteiger partial charge in [0.05, 0.1) is 5.69 Å². The van der Waals surface area contributed by atoms with Crippen molar-refractivity contribution in [3.05, 3.63) is 41.4 Å². The van der Waals surface area contributed by atoms with E-state index in [1.54, 1.807) is 23.1 Å². The summed E-state index contributed by atoms with van der Waals surface area (Å²) in [5.74, 6) is 0.389. The molecule has 3 aromatic heterocycles. The third kappa shape index (κ3) is 2.56. The van der Waals surface area contributed by atoms with Gasteiger partial charge in [-0.1, -0.05) is 19.3 Å². The maximum atomic E-state index is 14.3. The van der Waals surface area contributed by atoms with Crippen LogP contribution in [0.25, 0.3) is 27.1 Å². The fourth-order valence-electron chi connectivity index (χ4n) is 3.89. The number of fused-ring (bicyclic) bond motifs is 2. The van der Waals surface area contributed by atoms with Gasteiger partial charge in [-0.25, -0.2) is 9.37 Å². The summed E-state index contributed by atoms with van der Waals surface area (Å²) in [6.07, 6.45) is 12.7. The van der Waals surface area contributed by atoms with Crippen molar-refractivity contribution in [2.75, 3.05) is 0 Å². The fourth-order valence-corrected chi connectivity index (χ4v) is 5.02. The zero-order valence-electron chi connectivity index (χ0n) is 14.1. The number of nitrogens with zero attached hydrogens (tertiary/aromatic N) is 4. The molecule has 0 spiro atoms. The quantitative estimate of drug-likeness (QED) is 0.500. The van der Waals surface area contributed by atoms with Crippen LogP contribution >= 0.6 is 11.3 Å². The largest absolute Gasteiger partial charge is 0.297 e. The van der Waals surface area contributed by atoms with E-state index in [-0.39, 0.29) is 5.82 Å². The van der Waals surface area contributed by atoms with Crippen LogP contribution in [0.2, 0.25) is 0 Å². The van der Waals surface area contributed by atoms with E-state index in [0.29, 0.717) is 11.4 Å². The number of aryl methyl sites for hydroxylation is 1. The Morgan fingerprint density at radius 1 is 1.12 bits per heavy atom. The third-order valence-corrected chi connectivity index (χ3v) is 6.31. The molecule has 1 fully saturated rings. The van der Waals surface area contributed by atoms with Gasteiger partial charge in [0.15, 0.2) is 10.8 Å². The van der Waals surface area contributed by atoms with Crippen LogP contribution < -0.4 is 0 Å². The van der Waals surface area contributed by atoms with Gasteiger partial charge >= 0.3 is 0 Å². The molecule has 4 aromatic rings. The maximum absolute atomic E-state index is 14.3. The summed E-state index contributed by atoms with van der Waals surface area (Å²) in [6, 6.07) is 3.49. The summed E-state index contributed by atoms with van der Waals surface area (Å²) in [4.78, 5) is 7.16. The minimum absolute atomic E-state index is 0.299. The molecule has 1 aromatic carbocycles. The molecule has 1 saturated carbocycles. The lowest BCUT2D eigenvalue weighted by Crippen LogP contribution is -2.02. The van der Waals surface area contributed by atoms with Crippen molar-refractivity contribution >= 4 is 27.2 Å². The number of imidazole rings is 1. The highest BCUT2D eigenvalue weighted by molar-refractivity contribution is 7.17. The Hall–Kier alpha value is -2.21. The predicted octanol–water partition coefficient (Wildman–Crippen LogP) is 5.14. The Balaban J connectivity index is 1.53. The van der Waals surface area contributed by atoms with Crippen LogP contribution in [0.3, 0.4) is 0 Å². The zero-order valence-corrected chi connectivity index (χ0v) is 14.9. The molecule has 128 valence electrons. The van der Waals surface area contributed by atoms with E-state index in [9.17, 15) is 4.39 Å². The summed E-state index contributed by atoms with van der Waals surface area (Å²) in [6.45, 7) is 0. The number of hydrogen-bond acceptors (Lipinski definition) is 3. The van der Waals surface area contributed by atoms with Gasteiger partial charge in [0.25, 0.3) is 0 Å². The van der Waals surface area contributed by atoms with E-state index < -0.39 is 0 Å². The summed E-state index contributed by atoms with van der Waals surface area (Å²) in [7, 11) is 1.80. The fraction of sp³-hybridized carbons (Fsp3) is 0.368. The van der Waals surface area contributed by atoms with Crippen molar-refractivity contribution in [2.45, 2.75) is 38.0 Å². The molecule has 0 saturated heterocycles. The Bertz CT molecular complexity index is 1040. The van der Waals surface area contributed by atoms with E-state index in [0.717, 1.165) is 21.6 Å². The minimum Gasteiger partial charge on any atom is -0.297 e. The van der Waals surface area contributed by atoms with Crippen LogP contribution in [-0.4, -0.2) is 19.2 Å². The van der Waals surface area contributed by atoms with Crippen LogP contribution in [0.4, 0.5) is 4.39 Å². The first-order valence-electron chi connectivity index (χ1n) is 8.79. The van der Waals surface area contributed by atoms with E-state index in [2.05, 4.69) is 15.7 Å². The number of hydrogen-bond donors (Lipinski definition) is 0. The lowest BCUT2D eigenvalue weighted by molar-refractivity contribution is 0.447. The van der Waals surface area contributed by atoms with Gasteiger partial charge in [-0.2, -0.15) is 5.10 Å². The molecule has 0 radical (unpaired) electrons. The molecule has 3 heterocycles. The van der Waals surface area contributed by atoms with Crippen LogP contribution in [0, 0.1) is 5.82 Å². The molecule has 0 atom stereocenters. The molecule has 1 aliphatic rings. The van der Waals surface area contributed by atoms with Gasteiger partial charge in [-0.3, -0.25) is 9.08 Å². The molecule has 5 rings (SSSR count). The van der Waals surface area contributed by atoms with E-state index >= 15 is 0 Å². The van der Waals surface area contributed by atoms with Crippen LogP contribution in [0.1, 0.15) is 42.9 Å². The standard InChI is InChI=1S/C19H19FN4S/c1-23-9-14-7-13(8-15(20)18(14)22-23)16-10-24-11-17(25-19(24)21-16)12-5-3-2-4-6-12/h7-12H,2-6H2,1H3. The monoisotopic (exact) mass is 354 g/mol. The van der Waals surface area contributed by atoms with E-state index in [1.165, 1.54) is 43.0 Å². The van der Waals surface area contributed by atoms with Gasteiger partial charge in [-0.05, 0) is 30.9 Å². The highest BCUT2D eigenvalue weighted by Gasteiger charge is 2.19. The lowest BCUT2D eigenvalue weighted by Gasteiger charge is -2.19. The molecule has 0 aliphatic heterocycles. The normalized spacial score (nSPS) is 16.2. The molecule has 0 N–H and O–H groups in total. The van der Waals surface area contributed by atoms with Crippen LogP contribution in [-0.2, 0) is 7.05 Å². The Kier molecular flexibility index (Phi) is 3.41. The Labute approximate surface area is 148 Å². The molecular weight excluding hydrogens is 335 g/mol. The predicted molar refractivity (Wildman–Crippen MR) is 98.6 cm³/mol. The smallest absolute Gasteiger partial charge is 0.194 e. The number of thiazole rings is 1. The average Bonchev–Trinajstić information content (AvgIpc) is 3.27. The highest BCUT2D eigenvalue weighted by atomic mass is 32.1. The number of aromatic nitrogens is 4. The van der Waals surface area contributed by atoms with Crippen molar-refractivity contribution in [1.82, 2.24) is 19.2 Å². The molecule has 1 aliphatic carbocycles. The summed E-state index contributed by atoms with van der Waals surface area (Å²) < 4.78 is 18.1. The number of benzene rings is 1. The second kappa shape index (κ2) is 5.66. The van der Waals surface area contributed by atoms with Crippen molar-refractivity contribution in [2.24, 2.45) is 7.05 Å². The molecule has 25 heavy (non-hydrogen) atoms. The van der Waals surface area contributed by atoms with Crippen molar-refractivity contribution < 1.29 is 4.39 Å². The Morgan fingerprint density at radius 3 is 2.76 bits per heavy atom. The Morgan fingerprint density at radius 2 is 1.96 bits per heavy atom. The van der Waals surface area contributed by atoms with E-state index in [1.807, 2.05) is 18.5 Å². The van der Waals surface area contributed by atoms with Crippen molar-refractivity contribution in [3.63, 3.8) is 0 Å². The lowest BCUT2D eigenvalue weighted by atomic mass is 9.89. The first-order valence-corrected chi connectivity index (χ1v) is 9.61. The first-order chi connectivity index (χ1) is 12.2. The van der Waals surface area contributed by atoms with Gasteiger partial charge in [0.1, 0.15) is 5.52 Å². The average molecular weight is 354 g/mol. The van der Waals surface area contributed by atoms with Gasteiger partial charge in [0, 0.05) is 41.5 Å². The SMILES string of the molecule is Cn1cc2cc(-c3cn4cc(C5CCCCC5)sc4n3)cc(F)c2n1. The summed E-state index contributed by atoms with van der Waals surface area (Å²) >= 11 is 1.77. The van der Waals surface area contributed by atoms with Crippen LogP contribution in [0.5, 0.6) is 0 Å². The highest BCUT2D eigenvalue weighted by Crippen LogP contribution is 2.37. The number of rotatable bonds is 2. The molecule has 0 amide bonds. The second-order valence-electron chi connectivity index (χ2n) is 6.98. The van der Waals surface area contributed by atoms with Crippen LogP contribution in [0.15, 0.2) is 30.7 Å². The minimum atomic E-state index is -0.299. The van der Waals surface area contributed by atoms with Gasteiger partial charge < -0.3 is 0 Å². The second-order valence-corrected chi connectivity index (χ2v) is 8.02. The topological polar surface area (TPSA) is 35.1 Å². The van der Waals surface area contributed by atoms with E-state index in [4.69, 9.17) is 4.98 Å². The molecule has 4 nitrogen and oxygen atoms in total. The van der Waals surface area contributed by atoms with Crippen molar-refractivity contribution in [1.29, 1.82) is 0 Å². The maximum Gasteiger partial charge on any atom is 0.194 e. The van der Waals surface area contributed by atoms with Crippen molar-refractivity contribution in [3.8, 4) is 11.3 Å². The number of halogens is 1. The molecule has 0 bridgehead atoms. The molecular formula is C19H19FN4S. The third-order valence-electron chi connectivity index (χ3n) is 5.15. The summed E-state index contributed by atoms with van der Waals surface area (Å²) in [5, 5.41) is 4.96. The zero-order chi connectivity index (χ0) is 17.0. The molecule has 0 unspecified atom stereocenters. The first kappa shape index (κ1) is 15.1.